The molecule has 5 unspecified atom stereocenters. The van der Waals surface area contributed by atoms with Crippen molar-refractivity contribution >= 4 is 9.84 Å². The van der Waals surface area contributed by atoms with Gasteiger partial charge in [-0.25, -0.2) is 8.42 Å². The van der Waals surface area contributed by atoms with Crippen molar-refractivity contribution in [3.8, 4) is 0 Å². The molecule has 5 heteroatoms. The average Bonchev–Trinajstić information content (AvgIpc) is 2.68. The lowest BCUT2D eigenvalue weighted by molar-refractivity contribution is 0.0472. The van der Waals surface area contributed by atoms with E-state index < -0.39 is 9.84 Å². The summed E-state index contributed by atoms with van der Waals surface area (Å²) >= 11 is 0. The van der Waals surface area contributed by atoms with Crippen molar-refractivity contribution in [2.24, 2.45) is 11.8 Å². The van der Waals surface area contributed by atoms with Crippen LogP contribution >= 0.6 is 0 Å². The van der Waals surface area contributed by atoms with Crippen LogP contribution in [0.5, 0.6) is 0 Å². The SMILES string of the molecule is CCCNC(CCCS(=O)(=O)CC)C1C(C)OC(C)C1C. The minimum atomic E-state index is -2.86. The highest BCUT2D eigenvalue weighted by Crippen LogP contribution is 2.35. The fourth-order valence-corrected chi connectivity index (χ4v) is 4.31. The molecule has 1 N–H and O–H groups in total. The van der Waals surface area contributed by atoms with Gasteiger partial charge in [-0.3, -0.25) is 0 Å². The van der Waals surface area contributed by atoms with Crippen LogP contribution in [-0.4, -0.2) is 44.7 Å². The van der Waals surface area contributed by atoms with Gasteiger partial charge in [-0.05, 0) is 45.6 Å². The molecule has 1 saturated heterocycles. The molecule has 1 fully saturated rings. The Morgan fingerprint density at radius 3 is 2.29 bits per heavy atom. The minimum absolute atomic E-state index is 0.243. The summed E-state index contributed by atoms with van der Waals surface area (Å²) in [5.41, 5.74) is 0. The molecule has 0 aromatic heterocycles. The second kappa shape index (κ2) is 8.49. The third kappa shape index (κ3) is 5.53. The van der Waals surface area contributed by atoms with Gasteiger partial charge in [-0.2, -0.15) is 0 Å². The van der Waals surface area contributed by atoms with E-state index in [9.17, 15) is 8.42 Å². The molecule has 1 aliphatic rings. The molecule has 1 heterocycles. The predicted octanol–water partition coefficient (Wildman–Crippen LogP) is 2.63. The lowest BCUT2D eigenvalue weighted by atomic mass is 9.81. The van der Waals surface area contributed by atoms with Crippen LogP contribution in [0.4, 0.5) is 0 Å². The number of sulfone groups is 1. The molecule has 21 heavy (non-hydrogen) atoms. The lowest BCUT2D eigenvalue weighted by Gasteiger charge is -2.30. The lowest BCUT2D eigenvalue weighted by Crippen LogP contribution is -2.42. The molecule has 4 nitrogen and oxygen atoms in total. The van der Waals surface area contributed by atoms with Crippen LogP contribution in [-0.2, 0) is 14.6 Å². The zero-order valence-electron chi connectivity index (χ0n) is 14.3. The summed E-state index contributed by atoms with van der Waals surface area (Å²) in [6.07, 6.45) is 3.27. The Morgan fingerprint density at radius 1 is 1.14 bits per heavy atom. The van der Waals surface area contributed by atoms with Crippen molar-refractivity contribution in [2.75, 3.05) is 18.1 Å². The number of nitrogens with one attached hydrogen (secondary N) is 1. The average molecular weight is 320 g/mol. The first-order valence-corrected chi connectivity index (χ1v) is 10.2. The molecule has 0 bridgehead atoms. The molecule has 1 aliphatic heterocycles. The zero-order chi connectivity index (χ0) is 16.0. The first-order valence-electron chi connectivity index (χ1n) is 8.41. The molecule has 0 amide bonds. The highest BCUT2D eigenvalue weighted by atomic mass is 32.2. The van der Waals surface area contributed by atoms with E-state index in [0.29, 0.717) is 23.6 Å². The summed E-state index contributed by atoms with van der Waals surface area (Å²) in [5, 5.41) is 3.62. The molecule has 0 aromatic carbocycles. The van der Waals surface area contributed by atoms with Gasteiger partial charge >= 0.3 is 0 Å². The van der Waals surface area contributed by atoms with Crippen LogP contribution in [0.2, 0.25) is 0 Å². The van der Waals surface area contributed by atoms with Gasteiger partial charge < -0.3 is 10.1 Å². The van der Waals surface area contributed by atoms with Gasteiger partial charge in [0.25, 0.3) is 0 Å². The molecule has 1 rings (SSSR count). The molecule has 0 saturated carbocycles. The first kappa shape index (κ1) is 18.9. The molecular formula is C16H33NO3S. The topological polar surface area (TPSA) is 55.4 Å². The molecule has 0 spiro atoms. The smallest absolute Gasteiger partial charge is 0.150 e. The van der Waals surface area contributed by atoms with Gasteiger partial charge in [0, 0.05) is 17.7 Å². The maximum absolute atomic E-state index is 11.7. The van der Waals surface area contributed by atoms with Crippen LogP contribution in [0.1, 0.15) is 53.9 Å². The van der Waals surface area contributed by atoms with Crippen molar-refractivity contribution in [1.29, 1.82) is 0 Å². The van der Waals surface area contributed by atoms with Gasteiger partial charge in [0.15, 0.2) is 0 Å². The number of rotatable bonds is 9. The number of hydrogen-bond donors (Lipinski definition) is 1. The van der Waals surface area contributed by atoms with Gasteiger partial charge in [-0.15, -0.1) is 0 Å². The Bertz CT molecular complexity index is 396. The molecule has 0 radical (unpaired) electrons. The fourth-order valence-electron chi connectivity index (χ4n) is 3.42. The normalized spacial score (nSPS) is 31.5. The van der Waals surface area contributed by atoms with Crippen LogP contribution in [0.25, 0.3) is 0 Å². The quantitative estimate of drug-likeness (QED) is 0.710. The first-order chi connectivity index (χ1) is 9.82. The van der Waals surface area contributed by atoms with Gasteiger partial charge in [0.05, 0.1) is 18.0 Å². The predicted molar refractivity (Wildman–Crippen MR) is 88.3 cm³/mol. The van der Waals surface area contributed by atoms with E-state index in [2.05, 4.69) is 33.0 Å². The maximum atomic E-state index is 11.7. The Labute approximate surface area is 130 Å². The van der Waals surface area contributed by atoms with Crippen LogP contribution in [0.15, 0.2) is 0 Å². The van der Waals surface area contributed by atoms with E-state index in [0.717, 1.165) is 25.8 Å². The molecular weight excluding hydrogens is 286 g/mol. The molecule has 5 atom stereocenters. The minimum Gasteiger partial charge on any atom is -0.375 e. The summed E-state index contributed by atoms with van der Waals surface area (Å²) in [6, 6.07) is 0.354. The monoisotopic (exact) mass is 319 g/mol. The molecule has 0 aromatic rings. The Hall–Kier alpha value is -0.130. The van der Waals surface area contributed by atoms with Gasteiger partial charge in [0.1, 0.15) is 9.84 Å². The van der Waals surface area contributed by atoms with Crippen molar-refractivity contribution in [3.05, 3.63) is 0 Å². The van der Waals surface area contributed by atoms with Crippen molar-refractivity contribution in [2.45, 2.75) is 72.1 Å². The Balaban J connectivity index is 2.63. The van der Waals surface area contributed by atoms with E-state index in [4.69, 9.17) is 4.74 Å². The third-order valence-corrected chi connectivity index (χ3v) is 6.64. The van der Waals surface area contributed by atoms with E-state index in [1.165, 1.54) is 0 Å². The number of ether oxygens (including phenoxy) is 1. The van der Waals surface area contributed by atoms with Crippen molar-refractivity contribution < 1.29 is 13.2 Å². The maximum Gasteiger partial charge on any atom is 0.150 e. The van der Waals surface area contributed by atoms with E-state index in [1.807, 2.05) is 0 Å². The standard InChI is InChI=1S/C16H33NO3S/c1-6-10-17-15(9-8-11-21(18,19)7-2)16-12(3)13(4)20-14(16)5/h12-17H,6-11H2,1-5H3. The highest BCUT2D eigenvalue weighted by molar-refractivity contribution is 7.91. The van der Waals surface area contributed by atoms with E-state index >= 15 is 0 Å². The summed E-state index contributed by atoms with van der Waals surface area (Å²) < 4.78 is 29.3. The third-order valence-electron chi connectivity index (χ3n) is 4.85. The van der Waals surface area contributed by atoms with Crippen LogP contribution in [0.3, 0.4) is 0 Å². The largest absolute Gasteiger partial charge is 0.375 e. The van der Waals surface area contributed by atoms with E-state index in [-0.39, 0.29) is 18.0 Å². The zero-order valence-corrected chi connectivity index (χ0v) is 15.1. The number of hydrogen-bond acceptors (Lipinski definition) is 4. The molecule has 0 aliphatic carbocycles. The second-order valence-corrected chi connectivity index (χ2v) is 8.89. The summed E-state index contributed by atoms with van der Waals surface area (Å²) in [5.74, 6) is 1.53. The second-order valence-electron chi connectivity index (χ2n) is 6.42. The summed E-state index contributed by atoms with van der Waals surface area (Å²) in [7, 11) is -2.86. The van der Waals surface area contributed by atoms with Gasteiger partial charge in [0.2, 0.25) is 0 Å². The fraction of sp³-hybridized carbons (Fsp3) is 1.00. The highest BCUT2D eigenvalue weighted by Gasteiger charge is 2.41. The van der Waals surface area contributed by atoms with E-state index in [1.54, 1.807) is 6.92 Å². The van der Waals surface area contributed by atoms with Crippen molar-refractivity contribution in [1.82, 2.24) is 5.32 Å². The van der Waals surface area contributed by atoms with Gasteiger partial charge in [-0.1, -0.05) is 20.8 Å². The summed E-state index contributed by atoms with van der Waals surface area (Å²) in [4.78, 5) is 0. The Morgan fingerprint density at radius 2 is 1.81 bits per heavy atom. The van der Waals surface area contributed by atoms with Crippen LogP contribution < -0.4 is 5.32 Å². The van der Waals surface area contributed by atoms with Crippen molar-refractivity contribution in [3.63, 3.8) is 0 Å². The Kier molecular flexibility index (Phi) is 7.65. The molecule has 126 valence electrons. The summed E-state index contributed by atoms with van der Waals surface area (Å²) in [6.45, 7) is 11.4. The van der Waals surface area contributed by atoms with Crippen LogP contribution in [0, 0.1) is 11.8 Å².